The summed E-state index contributed by atoms with van der Waals surface area (Å²) in [5, 5.41) is 3.57. The van der Waals surface area contributed by atoms with Crippen LogP contribution in [0.2, 0.25) is 0 Å². The molecule has 5 heteroatoms. The largest absolute Gasteiger partial charge is 0.354 e. The summed E-state index contributed by atoms with van der Waals surface area (Å²) in [5.41, 5.74) is 2.48. The molecule has 1 unspecified atom stereocenters. The average Bonchev–Trinajstić information content (AvgIpc) is 2.67. The van der Waals surface area contributed by atoms with Crippen LogP contribution in [0.4, 0.5) is 5.82 Å². The fraction of sp³-hybridized carbons (Fsp3) is 0.474. The zero-order valence-electron chi connectivity index (χ0n) is 14.7. The molecule has 0 aromatic carbocycles. The van der Waals surface area contributed by atoms with Gasteiger partial charge in [-0.05, 0) is 42.8 Å². The molecule has 1 saturated heterocycles. The minimum atomic E-state index is 0.281. The van der Waals surface area contributed by atoms with Gasteiger partial charge in [0.05, 0.1) is 0 Å². The van der Waals surface area contributed by atoms with Crippen molar-refractivity contribution in [3.8, 4) is 0 Å². The summed E-state index contributed by atoms with van der Waals surface area (Å²) in [5.74, 6) is 1.10. The van der Waals surface area contributed by atoms with E-state index in [2.05, 4.69) is 57.1 Å². The Labute approximate surface area is 144 Å². The van der Waals surface area contributed by atoms with Gasteiger partial charge in [0.2, 0.25) is 0 Å². The SMILES string of the molecule is CCN1CCN(c2cc(CNC(C)c3cccnc3)ccn2)CC1. The van der Waals surface area contributed by atoms with Crippen LogP contribution in [0.15, 0.2) is 42.9 Å². The molecule has 0 radical (unpaired) electrons. The first-order chi connectivity index (χ1) is 11.8. The van der Waals surface area contributed by atoms with Gasteiger partial charge in [-0.3, -0.25) is 4.98 Å². The van der Waals surface area contributed by atoms with Crippen molar-refractivity contribution in [1.82, 2.24) is 20.2 Å². The molecular weight excluding hydrogens is 298 g/mol. The lowest BCUT2D eigenvalue weighted by Crippen LogP contribution is -2.46. The van der Waals surface area contributed by atoms with Gasteiger partial charge < -0.3 is 15.1 Å². The number of pyridine rings is 2. The minimum absolute atomic E-state index is 0.281. The number of piperazine rings is 1. The first kappa shape index (κ1) is 16.9. The Morgan fingerprint density at radius 1 is 1.17 bits per heavy atom. The van der Waals surface area contributed by atoms with E-state index in [1.807, 2.05) is 24.7 Å². The smallest absolute Gasteiger partial charge is 0.128 e. The highest BCUT2D eigenvalue weighted by Crippen LogP contribution is 2.16. The van der Waals surface area contributed by atoms with Crippen LogP contribution in [0.3, 0.4) is 0 Å². The van der Waals surface area contributed by atoms with Gasteiger partial charge in [0, 0.05) is 57.4 Å². The monoisotopic (exact) mass is 325 g/mol. The van der Waals surface area contributed by atoms with Crippen LogP contribution in [0.1, 0.15) is 31.0 Å². The standard InChI is InChI=1S/C19H27N5/c1-3-23-9-11-24(12-10-23)19-13-17(6-8-21-19)14-22-16(2)18-5-4-7-20-15-18/h4-8,13,15-16,22H,3,9-12,14H2,1-2H3. The molecule has 24 heavy (non-hydrogen) atoms. The molecule has 2 aromatic heterocycles. The van der Waals surface area contributed by atoms with Crippen LogP contribution in [0.5, 0.6) is 0 Å². The second kappa shape index (κ2) is 8.22. The van der Waals surface area contributed by atoms with Gasteiger partial charge >= 0.3 is 0 Å². The topological polar surface area (TPSA) is 44.3 Å². The molecule has 1 aliphatic heterocycles. The normalized spacial score (nSPS) is 17.0. The molecule has 0 bridgehead atoms. The average molecular weight is 325 g/mol. The van der Waals surface area contributed by atoms with E-state index in [1.165, 1.54) is 11.1 Å². The Hall–Kier alpha value is -1.98. The van der Waals surface area contributed by atoms with E-state index in [9.17, 15) is 0 Å². The van der Waals surface area contributed by atoms with Crippen molar-refractivity contribution in [1.29, 1.82) is 0 Å². The lowest BCUT2D eigenvalue weighted by Gasteiger charge is -2.34. The number of nitrogens with zero attached hydrogens (tertiary/aromatic N) is 4. The zero-order valence-corrected chi connectivity index (χ0v) is 14.7. The van der Waals surface area contributed by atoms with Gasteiger partial charge in [-0.15, -0.1) is 0 Å². The minimum Gasteiger partial charge on any atom is -0.354 e. The molecule has 1 aliphatic rings. The third-order valence-corrected chi connectivity index (χ3v) is 4.75. The highest BCUT2D eigenvalue weighted by molar-refractivity contribution is 5.41. The molecule has 0 spiro atoms. The second-order valence-corrected chi connectivity index (χ2v) is 6.33. The van der Waals surface area contributed by atoms with E-state index in [0.29, 0.717) is 0 Å². The number of hydrogen-bond acceptors (Lipinski definition) is 5. The van der Waals surface area contributed by atoms with Crippen molar-refractivity contribution < 1.29 is 0 Å². The molecule has 1 atom stereocenters. The van der Waals surface area contributed by atoms with Crippen molar-refractivity contribution >= 4 is 5.82 Å². The van der Waals surface area contributed by atoms with E-state index >= 15 is 0 Å². The van der Waals surface area contributed by atoms with Crippen LogP contribution in [-0.4, -0.2) is 47.6 Å². The summed E-state index contributed by atoms with van der Waals surface area (Å²) in [6, 6.07) is 8.67. The van der Waals surface area contributed by atoms with Crippen molar-refractivity contribution in [2.24, 2.45) is 0 Å². The van der Waals surface area contributed by atoms with Gasteiger partial charge in [0.1, 0.15) is 5.82 Å². The summed E-state index contributed by atoms with van der Waals surface area (Å²) >= 11 is 0. The summed E-state index contributed by atoms with van der Waals surface area (Å²) in [6.07, 6.45) is 5.65. The maximum Gasteiger partial charge on any atom is 0.128 e. The summed E-state index contributed by atoms with van der Waals surface area (Å²) in [6.45, 7) is 10.7. The third kappa shape index (κ3) is 4.30. The number of aromatic nitrogens is 2. The lowest BCUT2D eigenvalue weighted by molar-refractivity contribution is 0.270. The van der Waals surface area contributed by atoms with Crippen molar-refractivity contribution in [2.75, 3.05) is 37.6 Å². The van der Waals surface area contributed by atoms with Gasteiger partial charge in [-0.1, -0.05) is 13.0 Å². The predicted octanol–water partition coefficient (Wildman–Crippen LogP) is 2.47. The molecule has 1 fully saturated rings. The van der Waals surface area contributed by atoms with Gasteiger partial charge in [0.15, 0.2) is 0 Å². The van der Waals surface area contributed by atoms with Crippen molar-refractivity contribution in [3.05, 3.63) is 54.0 Å². The number of hydrogen-bond donors (Lipinski definition) is 1. The molecule has 1 N–H and O–H groups in total. The molecule has 128 valence electrons. The number of nitrogens with one attached hydrogen (secondary N) is 1. The maximum absolute atomic E-state index is 4.57. The van der Waals surface area contributed by atoms with E-state index in [0.717, 1.165) is 45.1 Å². The molecule has 0 amide bonds. The lowest BCUT2D eigenvalue weighted by atomic mass is 10.1. The van der Waals surface area contributed by atoms with E-state index in [-0.39, 0.29) is 6.04 Å². The Kier molecular flexibility index (Phi) is 5.77. The van der Waals surface area contributed by atoms with Crippen LogP contribution in [-0.2, 0) is 6.54 Å². The van der Waals surface area contributed by atoms with Gasteiger partial charge in [-0.2, -0.15) is 0 Å². The van der Waals surface area contributed by atoms with Gasteiger partial charge in [-0.25, -0.2) is 4.98 Å². The zero-order chi connectivity index (χ0) is 16.8. The Balaban J connectivity index is 1.57. The number of likely N-dealkylation sites (N-methyl/N-ethyl adjacent to an activating group) is 1. The second-order valence-electron chi connectivity index (χ2n) is 6.33. The Morgan fingerprint density at radius 2 is 2.00 bits per heavy atom. The van der Waals surface area contributed by atoms with Crippen LogP contribution in [0, 0.1) is 0 Å². The van der Waals surface area contributed by atoms with Crippen LogP contribution >= 0.6 is 0 Å². The van der Waals surface area contributed by atoms with Crippen molar-refractivity contribution in [3.63, 3.8) is 0 Å². The highest BCUT2D eigenvalue weighted by Gasteiger charge is 2.16. The summed E-state index contributed by atoms with van der Waals surface area (Å²) < 4.78 is 0. The highest BCUT2D eigenvalue weighted by atomic mass is 15.3. The van der Waals surface area contributed by atoms with E-state index < -0.39 is 0 Å². The summed E-state index contributed by atoms with van der Waals surface area (Å²) in [7, 11) is 0. The predicted molar refractivity (Wildman–Crippen MR) is 98.1 cm³/mol. The number of rotatable bonds is 6. The number of anilines is 1. The van der Waals surface area contributed by atoms with Crippen LogP contribution in [0.25, 0.3) is 0 Å². The molecule has 5 nitrogen and oxygen atoms in total. The molecular formula is C19H27N5. The molecule has 0 saturated carbocycles. The third-order valence-electron chi connectivity index (χ3n) is 4.75. The fourth-order valence-corrected chi connectivity index (χ4v) is 3.06. The molecule has 3 rings (SSSR count). The van der Waals surface area contributed by atoms with E-state index in [1.54, 1.807) is 0 Å². The molecule has 0 aliphatic carbocycles. The fourth-order valence-electron chi connectivity index (χ4n) is 3.06. The van der Waals surface area contributed by atoms with Gasteiger partial charge in [0.25, 0.3) is 0 Å². The Morgan fingerprint density at radius 3 is 2.71 bits per heavy atom. The first-order valence-electron chi connectivity index (χ1n) is 8.82. The first-order valence-corrected chi connectivity index (χ1v) is 8.82. The molecule has 3 heterocycles. The quantitative estimate of drug-likeness (QED) is 0.884. The Bertz CT molecular complexity index is 623. The maximum atomic E-state index is 4.57. The molecule has 2 aromatic rings. The van der Waals surface area contributed by atoms with E-state index in [4.69, 9.17) is 0 Å². The van der Waals surface area contributed by atoms with Crippen LogP contribution < -0.4 is 10.2 Å². The van der Waals surface area contributed by atoms with Crippen molar-refractivity contribution in [2.45, 2.75) is 26.4 Å². The summed E-state index contributed by atoms with van der Waals surface area (Å²) in [4.78, 5) is 13.6.